The summed E-state index contributed by atoms with van der Waals surface area (Å²) in [6, 6.07) is 10.7. The minimum atomic E-state index is 0.323. The Morgan fingerprint density at radius 2 is 1.96 bits per heavy atom. The van der Waals surface area contributed by atoms with Crippen molar-refractivity contribution in [3.63, 3.8) is 0 Å². The fourth-order valence-electron chi connectivity index (χ4n) is 1.81. The third kappa shape index (κ3) is 4.60. The molecule has 24 heavy (non-hydrogen) atoms. The molecular weight excluding hydrogens is 350 g/mol. The van der Waals surface area contributed by atoms with E-state index in [-0.39, 0.29) is 0 Å². The molecule has 0 fully saturated rings. The number of ether oxygens (including phenoxy) is 2. The highest BCUT2D eigenvalue weighted by Crippen LogP contribution is 2.24. The van der Waals surface area contributed by atoms with Gasteiger partial charge in [-0.2, -0.15) is 4.37 Å². The van der Waals surface area contributed by atoms with E-state index in [0.717, 1.165) is 16.6 Å². The van der Waals surface area contributed by atoms with Crippen LogP contribution >= 0.6 is 23.1 Å². The third-order valence-electron chi connectivity index (χ3n) is 2.93. The van der Waals surface area contributed by atoms with E-state index in [2.05, 4.69) is 24.9 Å². The maximum atomic E-state index is 5.69. The van der Waals surface area contributed by atoms with Crippen molar-refractivity contribution in [1.82, 2.24) is 19.6 Å². The Morgan fingerprint density at radius 3 is 2.67 bits per heavy atom. The number of hydrogen-bond acceptors (Lipinski definition) is 8. The Hall–Kier alpha value is -2.29. The fraction of sp³-hybridized carbons (Fsp3) is 0.200. The number of methoxy groups -OCH3 is 1. The summed E-state index contributed by atoms with van der Waals surface area (Å²) in [5.41, 5.74) is 0.888. The second kappa shape index (κ2) is 8.00. The normalized spacial score (nSPS) is 10.6. The zero-order valence-electron chi connectivity index (χ0n) is 12.8. The minimum absolute atomic E-state index is 0.323. The quantitative estimate of drug-likeness (QED) is 0.685. The van der Waals surface area contributed by atoms with Crippen LogP contribution in [0.25, 0.3) is 0 Å². The van der Waals surface area contributed by atoms with Gasteiger partial charge in [0.1, 0.15) is 11.6 Å². The van der Waals surface area contributed by atoms with Crippen LogP contribution in [0.1, 0.15) is 5.82 Å². The van der Waals surface area contributed by atoms with Gasteiger partial charge in [0.15, 0.2) is 5.15 Å². The van der Waals surface area contributed by atoms with Crippen LogP contribution in [-0.2, 0) is 11.2 Å². The van der Waals surface area contributed by atoms with Gasteiger partial charge in [0.2, 0.25) is 11.0 Å². The molecule has 0 spiro atoms. The summed E-state index contributed by atoms with van der Waals surface area (Å²) in [4.78, 5) is 4.40. The molecule has 3 aromatic rings. The van der Waals surface area contributed by atoms with E-state index < -0.39 is 0 Å². The standard InChI is InChI=1S/C15H14ClN5O2S/c1-22-9-8-13-18-15(24-21-13)17-10-2-4-11(5-3-10)23-14-7-6-12(16)19-20-14/h2-7H,8-9H2,1H3,(H,17,18,21). The summed E-state index contributed by atoms with van der Waals surface area (Å²) in [6.45, 7) is 0.607. The van der Waals surface area contributed by atoms with Crippen molar-refractivity contribution in [2.45, 2.75) is 6.42 Å². The van der Waals surface area contributed by atoms with E-state index in [4.69, 9.17) is 21.1 Å². The molecule has 2 heterocycles. The van der Waals surface area contributed by atoms with E-state index in [1.807, 2.05) is 24.3 Å². The van der Waals surface area contributed by atoms with Crippen LogP contribution in [0.15, 0.2) is 36.4 Å². The molecule has 124 valence electrons. The number of nitrogens with one attached hydrogen (secondary N) is 1. The van der Waals surface area contributed by atoms with Gasteiger partial charge < -0.3 is 14.8 Å². The van der Waals surface area contributed by atoms with E-state index in [9.17, 15) is 0 Å². The Kier molecular flexibility index (Phi) is 5.52. The van der Waals surface area contributed by atoms with Gasteiger partial charge in [0, 0.05) is 36.8 Å². The maximum absolute atomic E-state index is 5.69. The monoisotopic (exact) mass is 363 g/mol. The molecule has 0 aliphatic carbocycles. The number of nitrogens with zero attached hydrogens (tertiary/aromatic N) is 4. The number of benzene rings is 1. The molecule has 0 bridgehead atoms. The van der Waals surface area contributed by atoms with Crippen molar-refractivity contribution in [2.24, 2.45) is 0 Å². The molecule has 0 atom stereocenters. The predicted molar refractivity (Wildman–Crippen MR) is 92.3 cm³/mol. The van der Waals surface area contributed by atoms with E-state index in [1.54, 1.807) is 19.2 Å². The average Bonchev–Trinajstić information content (AvgIpc) is 3.04. The summed E-state index contributed by atoms with van der Waals surface area (Å²) in [6.07, 6.45) is 0.698. The van der Waals surface area contributed by atoms with Gasteiger partial charge in [-0.1, -0.05) is 11.6 Å². The summed E-state index contributed by atoms with van der Waals surface area (Å²) in [5.74, 6) is 1.80. The molecule has 0 unspecified atom stereocenters. The minimum Gasteiger partial charge on any atom is -0.438 e. The first-order chi connectivity index (χ1) is 11.7. The van der Waals surface area contributed by atoms with Crippen molar-refractivity contribution < 1.29 is 9.47 Å². The highest BCUT2D eigenvalue weighted by Gasteiger charge is 2.05. The smallest absolute Gasteiger partial charge is 0.238 e. The summed E-state index contributed by atoms with van der Waals surface area (Å²) >= 11 is 7.00. The van der Waals surface area contributed by atoms with E-state index in [0.29, 0.717) is 29.8 Å². The highest BCUT2D eigenvalue weighted by atomic mass is 35.5. The first-order valence-corrected chi connectivity index (χ1v) is 8.24. The molecule has 0 aliphatic rings. The molecule has 0 saturated carbocycles. The van der Waals surface area contributed by atoms with Crippen LogP contribution < -0.4 is 10.1 Å². The highest BCUT2D eigenvalue weighted by molar-refractivity contribution is 7.09. The largest absolute Gasteiger partial charge is 0.438 e. The molecule has 0 aliphatic heterocycles. The van der Waals surface area contributed by atoms with Crippen molar-refractivity contribution in [3.8, 4) is 11.6 Å². The first kappa shape index (κ1) is 16.6. The van der Waals surface area contributed by atoms with Crippen LogP contribution in [0.5, 0.6) is 11.6 Å². The molecule has 1 aromatic carbocycles. The van der Waals surface area contributed by atoms with Gasteiger partial charge in [0.25, 0.3) is 0 Å². The van der Waals surface area contributed by atoms with Gasteiger partial charge in [0.05, 0.1) is 6.61 Å². The summed E-state index contributed by atoms with van der Waals surface area (Å²) in [7, 11) is 1.66. The summed E-state index contributed by atoms with van der Waals surface area (Å²) in [5, 5.41) is 11.8. The van der Waals surface area contributed by atoms with E-state index >= 15 is 0 Å². The SMILES string of the molecule is COCCc1nsc(Nc2ccc(Oc3ccc(Cl)nn3)cc2)n1. The van der Waals surface area contributed by atoms with Crippen molar-refractivity contribution in [3.05, 3.63) is 47.4 Å². The second-order valence-electron chi connectivity index (χ2n) is 4.70. The Labute approximate surface area is 147 Å². The zero-order chi connectivity index (χ0) is 16.8. The van der Waals surface area contributed by atoms with Gasteiger partial charge in [-0.15, -0.1) is 10.2 Å². The van der Waals surface area contributed by atoms with Gasteiger partial charge in [-0.3, -0.25) is 0 Å². The first-order valence-electron chi connectivity index (χ1n) is 7.08. The number of anilines is 2. The van der Waals surface area contributed by atoms with Crippen LogP contribution in [0.4, 0.5) is 10.8 Å². The molecular formula is C15H14ClN5O2S. The molecule has 3 rings (SSSR count). The molecule has 0 amide bonds. The van der Waals surface area contributed by atoms with Crippen molar-refractivity contribution in [2.75, 3.05) is 19.0 Å². The van der Waals surface area contributed by atoms with Crippen molar-refractivity contribution in [1.29, 1.82) is 0 Å². The fourth-order valence-corrected chi connectivity index (χ4v) is 2.54. The molecule has 0 saturated heterocycles. The van der Waals surface area contributed by atoms with Crippen LogP contribution in [-0.4, -0.2) is 33.3 Å². The van der Waals surface area contributed by atoms with Gasteiger partial charge in [-0.05, 0) is 30.3 Å². The van der Waals surface area contributed by atoms with Crippen LogP contribution in [0.3, 0.4) is 0 Å². The lowest BCUT2D eigenvalue weighted by Gasteiger charge is -2.06. The second-order valence-corrected chi connectivity index (χ2v) is 5.84. The van der Waals surface area contributed by atoms with Crippen LogP contribution in [0, 0.1) is 0 Å². The lowest BCUT2D eigenvalue weighted by molar-refractivity contribution is 0.201. The van der Waals surface area contributed by atoms with Gasteiger partial charge in [-0.25, -0.2) is 4.98 Å². The Morgan fingerprint density at radius 1 is 1.12 bits per heavy atom. The lowest BCUT2D eigenvalue weighted by atomic mass is 10.3. The average molecular weight is 364 g/mol. The Bertz CT molecular complexity index is 779. The van der Waals surface area contributed by atoms with E-state index in [1.165, 1.54) is 11.5 Å². The van der Waals surface area contributed by atoms with Gasteiger partial charge >= 0.3 is 0 Å². The number of hydrogen-bond donors (Lipinski definition) is 1. The maximum Gasteiger partial charge on any atom is 0.238 e. The topological polar surface area (TPSA) is 82.0 Å². The molecule has 7 nitrogen and oxygen atoms in total. The number of halogens is 1. The summed E-state index contributed by atoms with van der Waals surface area (Å²) < 4.78 is 14.9. The molecule has 9 heteroatoms. The van der Waals surface area contributed by atoms with Crippen molar-refractivity contribution >= 4 is 34.0 Å². The molecule has 0 radical (unpaired) electrons. The molecule has 1 N–H and O–H groups in total. The predicted octanol–water partition coefficient (Wildman–Crippen LogP) is 3.71. The Balaban J connectivity index is 1.59. The zero-order valence-corrected chi connectivity index (χ0v) is 14.3. The third-order valence-corrected chi connectivity index (χ3v) is 3.80. The van der Waals surface area contributed by atoms with Crippen LogP contribution in [0.2, 0.25) is 5.15 Å². The number of aromatic nitrogens is 4. The lowest BCUT2D eigenvalue weighted by Crippen LogP contribution is -1.97. The number of rotatable bonds is 7. The molecule has 2 aromatic heterocycles.